The van der Waals surface area contributed by atoms with Gasteiger partial charge in [-0.15, -0.1) is 0 Å². The van der Waals surface area contributed by atoms with Crippen LogP contribution in [0.25, 0.3) is 0 Å². The molecule has 4 heteroatoms. The summed E-state index contributed by atoms with van der Waals surface area (Å²) < 4.78 is 0.993. The van der Waals surface area contributed by atoms with Crippen LogP contribution in [0, 0.1) is 0 Å². The Morgan fingerprint density at radius 3 is 1.43 bits per heavy atom. The van der Waals surface area contributed by atoms with E-state index in [4.69, 9.17) is 0 Å². The third-order valence-electron chi connectivity index (χ3n) is 8.55. The Morgan fingerprint density at radius 1 is 0.575 bits per heavy atom. The number of unbranched alkanes of at least 4 members (excludes halogenated alkanes) is 16. The number of amides is 1. The van der Waals surface area contributed by atoms with Gasteiger partial charge in [-0.3, -0.25) is 4.79 Å². The molecule has 0 fully saturated rings. The van der Waals surface area contributed by atoms with Crippen LogP contribution in [-0.2, 0) is 4.79 Å². The number of halogens is 1. The van der Waals surface area contributed by atoms with Crippen molar-refractivity contribution in [1.82, 2.24) is 5.32 Å². The van der Waals surface area contributed by atoms with E-state index >= 15 is 0 Å². The first kappa shape index (κ1) is 38.9. The average Bonchev–Trinajstić information content (AvgIpc) is 2.96. The highest BCUT2D eigenvalue weighted by Gasteiger charge is 2.37. The lowest BCUT2D eigenvalue weighted by atomic mass is 10.0. The first-order chi connectivity index (χ1) is 19.1. The molecule has 1 aromatic carbocycles. The molecule has 1 unspecified atom stereocenters. The van der Waals surface area contributed by atoms with Crippen LogP contribution in [-0.4, -0.2) is 30.0 Å². The highest BCUT2D eigenvalue weighted by Crippen LogP contribution is 2.30. The van der Waals surface area contributed by atoms with E-state index in [1.54, 1.807) is 0 Å². The van der Waals surface area contributed by atoms with E-state index in [1.807, 2.05) is 0 Å². The first-order valence-corrected chi connectivity index (χ1v) is 17.3. The molecule has 1 rings (SSSR count). The van der Waals surface area contributed by atoms with Crippen molar-refractivity contribution in [3.05, 3.63) is 35.9 Å². The van der Waals surface area contributed by atoms with Crippen LogP contribution < -0.4 is 17.7 Å². The Hall–Kier alpha value is -1.06. The molecule has 0 saturated carbocycles. The van der Waals surface area contributed by atoms with Crippen molar-refractivity contribution >= 4 is 5.91 Å². The molecule has 40 heavy (non-hydrogen) atoms. The summed E-state index contributed by atoms with van der Waals surface area (Å²) in [6.45, 7) is 12.6. The van der Waals surface area contributed by atoms with E-state index in [0.717, 1.165) is 37.0 Å². The van der Waals surface area contributed by atoms with Gasteiger partial charge in [-0.25, -0.2) is 0 Å². The van der Waals surface area contributed by atoms with Crippen molar-refractivity contribution in [3.63, 3.8) is 0 Å². The van der Waals surface area contributed by atoms with Gasteiger partial charge in [0, 0.05) is 12.0 Å². The molecule has 1 amide bonds. The molecule has 0 spiro atoms. The van der Waals surface area contributed by atoms with Gasteiger partial charge in [0.25, 0.3) is 0 Å². The molecule has 1 N–H and O–H groups in total. The number of rotatable bonds is 27. The predicted molar refractivity (Wildman–Crippen MR) is 172 cm³/mol. The molecule has 0 aromatic heterocycles. The van der Waals surface area contributed by atoms with E-state index in [0.29, 0.717) is 6.42 Å². The van der Waals surface area contributed by atoms with Crippen molar-refractivity contribution in [3.8, 4) is 0 Å². The number of carbonyl (C=O) groups excluding carboxylic acids is 1. The number of carbonyl (C=O) groups is 1. The third-order valence-corrected chi connectivity index (χ3v) is 8.55. The summed E-state index contributed by atoms with van der Waals surface area (Å²) in [7, 11) is 0. The van der Waals surface area contributed by atoms with Crippen molar-refractivity contribution in [2.24, 2.45) is 0 Å². The molecule has 3 nitrogen and oxygen atoms in total. The fraction of sp³-hybridized carbons (Fsp3) is 0.806. The molecular formula is C36H67ClN2O. The molecule has 0 saturated heterocycles. The monoisotopic (exact) mass is 578 g/mol. The van der Waals surface area contributed by atoms with Gasteiger partial charge in [0.05, 0.1) is 19.6 Å². The summed E-state index contributed by atoms with van der Waals surface area (Å²) in [5, 5.41) is 3.56. The second-order valence-electron chi connectivity index (χ2n) is 12.2. The SMILES string of the molecule is CCCCCCCCCCCCCCCCCC(=O)NC(c1ccccc1)[N+](CCC)(CCCC)CCCC.[Cl-]. The first-order valence-electron chi connectivity index (χ1n) is 17.3. The number of nitrogens with zero attached hydrogens (tertiary/aromatic N) is 1. The summed E-state index contributed by atoms with van der Waals surface area (Å²) in [6.07, 6.45) is 27.0. The number of hydrogen-bond acceptors (Lipinski definition) is 1. The number of quaternary nitrogens is 1. The van der Waals surface area contributed by atoms with E-state index in [2.05, 4.69) is 63.3 Å². The highest BCUT2D eigenvalue weighted by atomic mass is 35.5. The Bertz CT molecular complexity index is 673. The standard InChI is InChI=1S/C36H66N2O.ClH/c1-5-9-12-13-14-15-16-17-18-19-20-21-22-23-27-30-35(39)37-36(34-28-25-24-26-29-34)38(31-8-4,32-10-6-2)33-11-7-3;/h24-26,28-29,36H,5-23,27,30-33H2,1-4H3;1H. The van der Waals surface area contributed by atoms with Crippen molar-refractivity contribution < 1.29 is 21.7 Å². The van der Waals surface area contributed by atoms with Gasteiger partial charge < -0.3 is 22.2 Å². The van der Waals surface area contributed by atoms with Gasteiger partial charge in [0.1, 0.15) is 0 Å². The van der Waals surface area contributed by atoms with Crippen LogP contribution in [0.5, 0.6) is 0 Å². The summed E-state index contributed by atoms with van der Waals surface area (Å²) in [5.41, 5.74) is 1.27. The molecule has 0 aliphatic carbocycles. The zero-order chi connectivity index (χ0) is 28.4. The zero-order valence-electron chi connectivity index (χ0n) is 27.2. The smallest absolute Gasteiger partial charge is 0.224 e. The van der Waals surface area contributed by atoms with Gasteiger partial charge in [-0.2, -0.15) is 0 Å². The molecule has 0 aliphatic rings. The minimum atomic E-state index is 0. The summed E-state index contributed by atoms with van der Waals surface area (Å²) in [5.74, 6) is 0.241. The molecule has 0 bridgehead atoms. The van der Waals surface area contributed by atoms with E-state index in [9.17, 15) is 4.79 Å². The van der Waals surface area contributed by atoms with Crippen molar-refractivity contribution in [1.29, 1.82) is 0 Å². The topological polar surface area (TPSA) is 29.1 Å². The van der Waals surface area contributed by atoms with Gasteiger partial charge >= 0.3 is 0 Å². The Labute approximate surface area is 256 Å². The van der Waals surface area contributed by atoms with E-state index in [1.165, 1.54) is 121 Å². The van der Waals surface area contributed by atoms with Crippen LogP contribution in [0.4, 0.5) is 0 Å². The minimum Gasteiger partial charge on any atom is -1.00 e. The third kappa shape index (κ3) is 17.7. The fourth-order valence-corrected chi connectivity index (χ4v) is 6.17. The van der Waals surface area contributed by atoms with E-state index in [-0.39, 0.29) is 24.5 Å². The van der Waals surface area contributed by atoms with Crippen LogP contribution >= 0.6 is 0 Å². The molecule has 1 atom stereocenters. The summed E-state index contributed by atoms with van der Waals surface area (Å²) in [6, 6.07) is 10.8. The fourth-order valence-electron chi connectivity index (χ4n) is 6.17. The minimum absolute atomic E-state index is 0. The number of nitrogens with one attached hydrogen (secondary N) is 1. The van der Waals surface area contributed by atoms with Crippen LogP contribution in [0.1, 0.15) is 174 Å². The molecular weight excluding hydrogens is 512 g/mol. The van der Waals surface area contributed by atoms with E-state index < -0.39 is 0 Å². The predicted octanol–water partition coefficient (Wildman–Crippen LogP) is 7.89. The van der Waals surface area contributed by atoms with Crippen LogP contribution in [0.3, 0.4) is 0 Å². The lowest BCUT2D eigenvalue weighted by Crippen LogP contribution is -3.00. The zero-order valence-corrected chi connectivity index (χ0v) is 27.9. The van der Waals surface area contributed by atoms with Gasteiger partial charge in [-0.05, 0) is 25.7 Å². The maximum Gasteiger partial charge on any atom is 0.224 e. The molecule has 0 radical (unpaired) electrons. The van der Waals surface area contributed by atoms with Crippen LogP contribution in [0.2, 0.25) is 0 Å². The van der Waals surface area contributed by atoms with Gasteiger partial charge in [0.15, 0.2) is 6.17 Å². The Morgan fingerprint density at radius 2 is 1.00 bits per heavy atom. The second-order valence-corrected chi connectivity index (χ2v) is 12.2. The van der Waals surface area contributed by atoms with Gasteiger partial charge in [0.2, 0.25) is 5.91 Å². The van der Waals surface area contributed by atoms with Crippen molar-refractivity contribution in [2.45, 2.75) is 169 Å². The quantitative estimate of drug-likeness (QED) is 0.0641. The lowest BCUT2D eigenvalue weighted by Gasteiger charge is -2.45. The largest absolute Gasteiger partial charge is 1.00 e. The molecule has 0 heterocycles. The average molecular weight is 579 g/mol. The Balaban J connectivity index is 0.0000152. The molecule has 234 valence electrons. The maximum atomic E-state index is 13.2. The summed E-state index contributed by atoms with van der Waals surface area (Å²) >= 11 is 0. The maximum absolute atomic E-state index is 13.2. The molecule has 1 aromatic rings. The molecule has 0 aliphatic heterocycles. The lowest BCUT2D eigenvalue weighted by molar-refractivity contribution is -0.960. The number of benzene rings is 1. The van der Waals surface area contributed by atoms with Gasteiger partial charge in [-0.1, -0.05) is 161 Å². The van der Waals surface area contributed by atoms with Crippen molar-refractivity contribution in [2.75, 3.05) is 19.6 Å². The highest BCUT2D eigenvalue weighted by molar-refractivity contribution is 5.76. The number of hydrogen-bond donors (Lipinski definition) is 1. The van der Waals surface area contributed by atoms with Crippen LogP contribution in [0.15, 0.2) is 30.3 Å². The second kappa shape index (κ2) is 26.8. The summed E-state index contributed by atoms with van der Waals surface area (Å²) in [4.78, 5) is 13.2. The Kier molecular flexibility index (Phi) is 26.1. The normalized spacial score (nSPS) is 12.2.